The zero-order valence-corrected chi connectivity index (χ0v) is 15.5. The summed E-state index contributed by atoms with van der Waals surface area (Å²) in [5, 5.41) is 9.08. The molecule has 3 N–H and O–H groups in total. The number of hydrogen-bond donors (Lipinski definition) is 3. The maximum Gasteiger partial charge on any atom is 0.251 e. The van der Waals surface area contributed by atoms with E-state index in [-0.39, 0.29) is 29.9 Å². The van der Waals surface area contributed by atoms with Gasteiger partial charge in [-0.25, -0.2) is 4.99 Å². The Kier molecular flexibility index (Phi) is 11.2. The number of halogens is 1. The number of carbonyl (C=O) groups is 1. The van der Waals surface area contributed by atoms with Crippen molar-refractivity contribution in [3.8, 4) is 0 Å². The molecular weight excluding hydrogens is 391 g/mol. The molecule has 0 heterocycles. The van der Waals surface area contributed by atoms with E-state index in [2.05, 4.69) is 27.5 Å². The number of nitrogens with zero attached hydrogens (tertiary/aromatic N) is 1. The van der Waals surface area contributed by atoms with Gasteiger partial charge in [-0.15, -0.1) is 30.6 Å². The predicted octanol–water partition coefficient (Wildman–Crippen LogP) is 2.30. The zero-order chi connectivity index (χ0) is 15.5. The summed E-state index contributed by atoms with van der Waals surface area (Å²) >= 11 is 0. The molecule has 0 bridgehead atoms. The predicted molar refractivity (Wildman–Crippen MR) is 103 cm³/mol. The molecule has 1 aromatic rings. The van der Waals surface area contributed by atoms with Gasteiger partial charge in [0, 0.05) is 25.2 Å². The van der Waals surface area contributed by atoms with Gasteiger partial charge in [0.15, 0.2) is 5.96 Å². The molecule has 0 aliphatic heterocycles. The topological polar surface area (TPSA) is 65.5 Å². The fraction of sp³-hybridized carbons (Fsp3) is 0.375. The van der Waals surface area contributed by atoms with Crippen LogP contribution in [0.2, 0.25) is 0 Å². The van der Waals surface area contributed by atoms with Crippen LogP contribution >= 0.6 is 24.0 Å². The average Bonchev–Trinajstić information content (AvgIpc) is 2.51. The molecular formula is C16H25IN4O. The van der Waals surface area contributed by atoms with Gasteiger partial charge < -0.3 is 16.0 Å². The summed E-state index contributed by atoms with van der Waals surface area (Å²) in [6, 6.07) is 7.48. The van der Waals surface area contributed by atoms with Gasteiger partial charge in [0.25, 0.3) is 5.91 Å². The molecule has 0 unspecified atom stereocenters. The van der Waals surface area contributed by atoms with Gasteiger partial charge in [-0.3, -0.25) is 4.79 Å². The van der Waals surface area contributed by atoms with E-state index in [4.69, 9.17) is 0 Å². The van der Waals surface area contributed by atoms with Crippen molar-refractivity contribution in [1.82, 2.24) is 16.0 Å². The molecule has 0 atom stereocenters. The first-order valence-corrected chi connectivity index (χ1v) is 7.21. The Bertz CT molecular complexity index is 485. The van der Waals surface area contributed by atoms with Gasteiger partial charge in [-0.2, -0.15) is 0 Å². The highest BCUT2D eigenvalue weighted by Crippen LogP contribution is 2.05. The van der Waals surface area contributed by atoms with Gasteiger partial charge in [0.2, 0.25) is 0 Å². The summed E-state index contributed by atoms with van der Waals surface area (Å²) in [7, 11) is 0. The molecule has 22 heavy (non-hydrogen) atoms. The largest absolute Gasteiger partial charge is 0.357 e. The van der Waals surface area contributed by atoms with Crippen LogP contribution < -0.4 is 16.0 Å². The number of nitrogens with one attached hydrogen (secondary N) is 3. The lowest BCUT2D eigenvalue weighted by atomic mass is 10.1. The Hall–Kier alpha value is -1.57. The molecule has 0 fully saturated rings. The van der Waals surface area contributed by atoms with Gasteiger partial charge in [0.1, 0.15) is 0 Å². The van der Waals surface area contributed by atoms with E-state index in [0.29, 0.717) is 25.2 Å². The SMILES string of the molecule is C=CCNC(=NCc1ccc(C(=O)NCC)cc1)NCC.I. The fourth-order valence-corrected chi connectivity index (χ4v) is 1.71. The minimum Gasteiger partial charge on any atom is -0.357 e. The number of benzene rings is 1. The summed E-state index contributed by atoms with van der Waals surface area (Å²) in [5.74, 6) is 0.707. The third kappa shape index (κ3) is 7.44. The average molecular weight is 416 g/mol. The Labute approximate surface area is 149 Å². The van der Waals surface area contributed by atoms with Crippen molar-refractivity contribution in [2.45, 2.75) is 20.4 Å². The lowest BCUT2D eigenvalue weighted by Gasteiger charge is -2.09. The van der Waals surface area contributed by atoms with E-state index < -0.39 is 0 Å². The maximum atomic E-state index is 11.7. The fourth-order valence-electron chi connectivity index (χ4n) is 1.71. The summed E-state index contributed by atoms with van der Waals surface area (Å²) in [4.78, 5) is 16.1. The lowest BCUT2D eigenvalue weighted by molar-refractivity contribution is 0.0956. The van der Waals surface area contributed by atoms with Crippen LogP contribution in [0.1, 0.15) is 29.8 Å². The van der Waals surface area contributed by atoms with Crippen molar-refractivity contribution < 1.29 is 4.79 Å². The molecule has 0 saturated carbocycles. The minimum atomic E-state index is -0.0476. The third-order valence-corrected chi connectivity index (χ3v) is 2.73. The van der Waals surface area contributed by atoms with Crippen LogP contribution in [-0.2, 0) is 6.54 Å². The summed E-state index contributed by atoms with van der Waals surface area (Å²) in [5.41, 5.74) is 1.72. The Morgan fingerprint density at radius 2 is 1.77 bits per heavy atom. The highest BCUT2D eigenvalue weighted by molar-refractivity contribution is 14.0. The first-order chi connectivity index (χ1) is 10.2. The van der Waals surface area contributed by atoms with Crippen molar-refractivity contribution in [3.05, 3.63) is 48.0 Å². The number of aliphatic imine (C=N–C) groups is 1. The number of guanidine groups is 1. The van der Waals surface area contributed by atoms with Crippen molar-refractivity contribution in [2.75, 3.05) is 19.6 Å². The van der Waals surface area contributed by atoms with Crippen molar-refractivity contribution >= 4 is 35.8 Å². The molecule has 122 valence electrons. The Balaban J connectivity index is 0.00000441. The monoisotopic (exact) mass is 416 g/mol. The first-order valence-electron chi connectivity index (χ1n) is 7.21. The molecule has 6 heteroatoms. The standard InChI is InChI=1S/C16H24N4O.HI/c1-4-11-19-16(18-6-3)20-12-13-7-9-14(10-8-13)15(21)17-5-2;/h4,7-10H,1,5-6,11-12H2,2-3H3,(H,17,21)(H2,18,19,20);1H. The molecule has 0 saturated heterocycles. The number of amides is 1. The van der Waals surface area contributed by atoms with Gasteiger partial charge in [-0.05, 0) is 31.5 Å². The van der Waals surface area contributed by atoms with E-state index in [0.717, 1.165) is 18.1 Å². The van der Waals surface area contributed by atoms with Crippen LogP contribution in [0.15, 0.2) is 41.9 Å². The van der Waals surface area contributed by atoms with E-state index in [9.17, 15) is 4.79 Å². The highest BCUT2D eigenvalue weighted by Gasteiger charge is 2.03. The van der Waals surface area contributed by atoms with Crippen molar-refractivity contribution in [1.29, 1.82) is 0 Å². The molecule has 5 nitrogen and oxygen atoms in total. The minimum absolute atomic E-state index is 0. The summed E-state index contributed by atoms with van der Waals surface area (Å²) < 4.78 is 0. The molecule has 0 aliphatic carbocycles. The second-order valence-corrected chi connectivity index (χ2v) is 4.42. The van der Waals surface area contributed by atoms with Crippen LogP contribution in [0, 0.1) is 0 Å². The van der Waals surface area contributed by atoms with Crippen LogP contribution in [0.3, 0.4) is 0 Å². The van der Waals surface area contributed by atoms with Gasteiger partial charge in [0.05, 0.1) is 6.54 Å². The first kappa shape index (κ1) is 20.4. The molecule has 1 amide bonds. The van der Waals surface area contributed by atoms with Gasteiger partial charge in [-0.1, -0.05) is 18.2 Å². The van der Waals surface area contributed by atoms with E-state index in [1.165, 1.54) is 0 Å². The highest BCUT2D eigenvalue weighted by atomic mass is 127. The van der Waals surface area contributed by atoms with E-state index in [1.807, 2.05) is 38.1 Å². The molecule has 1 aromatic carbocycles. The van der Waals surface area contributed by atoms with E-state index >= 15 is 0 Å². The van der Waals surface area contributed by atoms with Crippen LogP contribution in [0.25, 0.3) is 0 Å². The smallest absolute Gasteiger partial charge is 0.251 e. The molecule has 0 spiro atoms. The third-order valence-electron chi connectivity index (χ3n) is 2.73. The maximum absolute atomic E-state index is 11.7. The zero-order valence-electron chi connectivity index (χ0n) is 13.2. The second-order valence-electron chi connectivity index (χ2n) is 4.42. The number of hydrogen-bond acceptors (Lipinski definition) is 2. The number of rotatable bonds is 7. The Morgan fingerprint density at radius 1 is 1.14 bits per heavy atom. The van der Waals surface area contributed by atoms with Crippen molar-refractivity contribution in [2.24, 2.45) is 4.99 Å². The summed E-state index contributed by atoms with van der Waals surface area (Å²) in [6.07, 6.45) is 1.79. The number of carbonyl (C=O) groups excluding carboxylic acids is 1. The second kappa shape index (κ2) is 12.0. The molecule has 0 radical (unpaired) electrons. The Morgan fingerprint density at radius 3 is 2.32 bits per heavy atom. The normalized spacial score (nSPS) is 10.4. The summed E-state index contributed by atoms with van der Waals surface area (Å²) in [6.45, 7) is 10.3. The van der Waals surface area contributed by atoms with Gasteiger partial charge >= 0.3 is 0 Å². The molecule has 0 aliphatic rings. The lowest BCUT2D eigenvalue weighted by Crippen LogP contribution is -2.37. The van der Waals surface area contributed by atoms with Crippen LogP contribution in [0.4, 0.5) is 0 Å². The van der Waals surface area contributed by atoms with Crippen LogP contribution in [-0.4, -0.2) is 31.5 Å². The van der Waals surface area contributed by atoms with Crippen molar-refractivity contribution in [3.63, 3.8) is 0 Å². The van der Waals surface area contributed by atoms with Crippen LogP contribution in [0.5, 0.6) is 0 Å². The quantitative estimate of drug-likeness (QED) is 0.277. The molecule has 0 aromatic heterocycles. The van der Waals surface area contributed by atoms with E-state index in [1.54, 1.807) is 6.08 Å². The molecule has 1 rings (SSSR count).